The van der Waals surface area contributed by atoms with Crippen molar-refractivity contribution >= 4 is 28.8 Å². The smallest absolute Gasteiger partial charge is 0.220 e. The van der Waals surface area contributed by atoms with E-state index in [1.54, 1.807) is 6.07 Å². The van der Waals surface area contributed by atoms with Gasteiger partial charge in [0, 0.05) is 22.3 Å². The van der Waals surface area contributed by atoms with Gasteiger partial charge in [-0.1, -0.05) is 23.8 Å². The van der Waals surface area contributed by atoms with Gasteiger partial charge in [-0.05, 0) is 50.1 Å². The van der Waals surface area contributed by atoms with Crippen molar-refractivity contribution in [1.29, 1.82) is 0 Å². The molecule has 0 amide bonds. The molecule has 1 heterocycles. The highest BCUT2D eigenvalue weighted by atomic mass is 35.5. The van der Waals surface area contributed by atoms with Crippen LogP contribution in [0.25, 0.3) is 0 Å². The van der Waals surface area contributed by atoms with E-state index in [1.807, 2.05) is 39.0 Å². The number of ether oxygens (including phenoxy) is 1. The molecular formula is C15H15ClN2OS. The van der Waals surface area contributed by atoms with E-state index in [0.29, 0.717) is 15.9 Å². The molecule has 1 aromatic carbocycles. The summed E-state index contributed by atoms with van der Waals surface area (Å²) in [5, 5.41) is 0.688. The van der Waals surface area contributed by atoms with Crippen LogP contribution in [0.5, 0.6) is 11.6 Å². The van der Waals surface area contributed by atoms with E-state index in [4.69, 9.17) is 34.3 Å². The van der Waals surface area contributed by atoms with E-state index in [0.717, 1.165) is 28.1 Å². The van der Waals surface area contributed by atoms with E-state index in [9.17, 15) is 0 Å². The van der Waals surface area contributed by atoms with Crippen LogP contribution in [0.15, 0.2) is 24.3 Å². The summed E-state index contributed by atoms with van der Waals surface area (Å²) in [6, 6.07) is 7.28. The minimum Gasteiger partial charge on any atom is -0.438 e. The van der Waals surface area contributed by atoms with Gasteiger partial charge in [0.15, 0.2) is 0 Å². The van der Waals surface area contributed by atoms with Crippen LogP contribution in [-0.4, -0.2) is 9.97 Å². The minimum atomic E-state index is 0.324. The quantitative estimate of drug-likeness (QED) is 0.868. The van der Waals surface area contributed by atoms with Gasteiger partial charge in [-0.15, -0.1) is 0 Å². The third-order valence-corrected chi connectivity index (χ3v) is 3.30. The summed E-state index contributed by atoms with van der Waals surface area (Å²) in [5.74, 6) is 1.22. The molecular weight excluding hydrogens is 292 g/mol. The lowest BCUT2D eigenvalue weighted by atomic mass is 10.1. The molecule has 0 saturated carbocycles. The first kappa shape index (κ1) is 14.8. The largest absolute Gasteiger partial charge is 0.438 e. The van der Waals surface area contributed by atoms with Crippen LogP contribution in [0, 0.1) is 20.8 Å². The number of pyridine rings is 1. The van der Waals surface area contributed by atoms with Crippen molar-refractivity contribution < 1.29 is 4.74 Å². The summed E-state index contributed by atoms with van der Waals surface area (Å²) in [5.41, 5.74) is 9.11. The van der Waals surface area contributed by atoms with Gasteiger partial charge in [0.05, 0.1) is 0 Å². The molecule has 2 N–H and O–H groups in total. The lowest BCUT2D eigenvalue weighted by molar-refractivity contribution is 0.454. The second-order valence-corrected chi connectivity index (χ2v) is 5.55. The van der Waals surface area contributed by atoms with Crippen molar-refractivity contribution in [3.63, 3.8) is 0 Å². The maximum atomic E-state index is 6.01. The third-order valence-electron chi connectivity index (χ3n) is 2.85. The Labute approximate surface area is 128 Å². The second kappa shape index (κ2) is 5.77. The van der Waals surface area contributed by atoms with Crippen molar-refractivity contribution in [2.45, 2.75) is 20.8 Å². The molecule has 104 valence electrons. The maximum Gasteiger partial charge on any atom is 0.220 e. The van der Waals surface area contributed by atoms with Crippen LogP contribution >= 0.6 is 23.8 Å². The fourth-order valence-corrected chi connectivity index (χ4v) is 2.44. The molecule has 3 nitrogen and oxygen atoms in total. The Balaban J connectivity index is 2.42. The van der Waals surface area contributed by atoms with Gasteiger partial charge in [-0.2, -0.15) is 0 Å². The SMILES string of the molecule is Cc1cc(C(N)=S)cc(Oc2c(C)cc(Cl)cc2C)n1. The zero-order chi connectivity index (χ0) is 14.9. The highest BCUT2D eigenvalue weighted by Crippen LogP contribution is 2.31. The van der Waals surface area contributed by atoms with Crippen LogP contribution in [0.2, 0.25) is 5.02 Å². The van der Waals surface area contributed by atoms with Crippen molar-refractivity contribution in [3.8, 4) is 11.6 Å². The van der Waals surface area contributed by atoms with Crippen molar-refractivity contribution in [2.75, 3.05) is 0 Å². The Morgan fingerprint density at radius 1 is 1.15 bits per heavy atom. The molecule has 0 bridgehead atoms. The average Bonchev–Trinajstić information content (AvgIpc) is 2.33. The van der Waals surface area contributed by atoms with E-state index < -0.39 is 0 Å². The highest BCUT2D eigenvalue weighted by Gasteiger charge is 2.10. The number of halogens is 1. The topological polar surface area (TPSA) is 48.1 Å². The predicted octanol–water partition coefficient (Wildman–Crippen LogP) is 4.09. The molecule has 1 aromatic heterocycles. The van der Waals surface area contributed by atoms with Gasteiger partial charge in [0.2, 0.25) is 5.88 Å². The monoisotopic (exact) mass is 306 g/mol. The second-order valence-electron chi connectivity index (χ2n) is 4.67. The number of benzene rings is 1. The number of hydrogen-bond acceptors (Lipinski definition) is 3. The first-order chi connectivity index (χ1) is 9.36. The van der Waals surface area contributed by atoms with Gasteiger partial charge < -0.3 is 10.5 Å². The van der Waals surface area contributed by atoms with Gasteiger partial charge in [0.25, 0.3) is 0 Å². The van der Waals surface area contributed by atoms with Crippen LogP contribution < -0.4 is 10.5 Å². The molecule has 2 aromatic rings. The summed E-state index contributed by atoms with van der Waals surface area (Å²) in [6.45, 7) is 5.76. The van der Waals surface area contributed by atoms with Crippen LogP contribution in [0.3, 0.4) is 0 Å². The Morgan fingerprint density at radius 2 is 1.75 bits per heavy atom. The number of rotatable bonds is 3. The van der Waals surface area contributed by atoms with Crippen molar-refractivity contribution in [3.05, 3.63) is 51.7 Å². The Kier molecular flexibility index (Phi) is 4.26. The Morgan fingerprint density at radius 3 is 2.30 bits per heavy atom. The lowest BCUT2D eigenvalue weighted by Crippen LogP contribution is -2.10. The summed E-state index contributed by atoms with van der Waals surface area (Å²) in [4.78, 5) is 4.67. The normalized spacial score (nSPS) is 10.4. The van der Waals surface area contributed by atoms with Crippen molar-refractivity contribution in [2.24, 2.45) is 5.73 Å². The molecule has 0 fully saturated rings. The molecule has 2 rings (SSSR count). The maximum absolute atomic E-state index is 6.01. The summed E-state index contributed by atoms with van der Waals surface area (Å²) in [7, 11) is 0. The molecule has 0 aliphatic heterocycles. The van der Waals surface area contributed by atoms with E-state index in [2.05, 4.69) is 4.98 Å². The van der Waals surface area contributed by atoms with Gasteiger partial charge in [0.1, 0.15) is 10.7 Å². The Hall–Kier alpha value is -1.65. The number of hydrogen-bond donors (Lipinski definition) is 1. The summed E-state index contributed by atoms with van der Waals surface area (Å²) in [6.07, 6.45) is 0. The van der Waals surface area contributed by atoms with E-state index in [1.165, 1.54) is 0 Å². The molecule has 0 aliphatic rings. The first-order valence-electron chi connectivity index (χ1n) is 6.10. The highest BCUT2D eigenvalue weighted by molar-refractivity contribution is 7.80. The molecule has 0 radical (unpaired) electrons. The van der Waals surface area contributed by atoms with E-state index >= 15 is 0 Å². The lowest BCUT2D eigenvalue weighted by Gasteiger charge is -2.13. The van der Waals surface area contributed by atoms with Gasteiger partial charge in [-0.3, -0.25) is 0 Å². The zero-order valence-electron chi connectivity index (χ0n) is 11.5. The third kappa shape index (κ3) is 3.26. The molecule has 0 spiro atoms. The van der Waals surface area contributed by atoms with Crippen LogP contribution in [0.1, 0.15) is 22.4 Å². The molecule has 5 heteroatoms. The molecule has 0 atom stereocenters. The summed E-state index contributed by atoms with van der Waals surface area (Å²) >= 11 is 11.0. The molecule has 20 heavy (non-hydrogen) atoms. The number of aromatic nitrogens is 1. The number of thiocarbonyl (C=S) groups is 1. The number of nitrogens with zero attached hydrogens (tertiary/aromatic N) is 1. The summed E-state index contributed by atoms with van der Waals surface area (Å²) < 4.78 is 5.88. The molecule has 0 unspecified atom stereocenters. The van der Waals surface area contributed by atoms with Gasteiger partial charge in [-0.25, -0.2) is 4.98 Å². The standard InChI is InChI=1S/C15H15ClN2OS/c1-8-4-12(16)5-9(2)14(8)19-13-7-11(15(17)20)6-10(3)18-13/h4-7H,1-3H3,(H2,17,20). The minimum absolute atomic E-state index is 0.324. The number of aryl methyl sites for hydroxylation is 3. The fraction of sp³-hybridized carbons (Fsp3) is 0.200. The zero-order valence-corrected chi connectivity index (χ0v) is 13.1. The molecule has 0 aliphatic carbocycles. The van der Waals surface area contributed by atoms with Crippen LogP contribution in [-0.2, 0) is 0 Å². The van der Waals surface area contributed by atoms with E-state index in [-0.39, 0.29) is 0 Å². The Bertz CT molecular complexity index is 663. The number of nitrogens with two attached hydrogens (primary N) is 1. The average molecular weight is 307 g/mol. The predicted molar refractivity (Wildman–Crippen MR) is 85.9 cm³/mol. The molecule has 0 saturated heterocycles. The van der Waals surface area contributed by atoms with Crippen molar-refractivity contribution in [1.82, 2.24) is 4.98 Å². The van der Waals surface area contributed by atoms with Gasteiger partial charge >= 0.3 is 0 Å². The first-order valence-corrected chi connectivity index (χ1v) is 6.88. The van der Waals surface area contributed by atoms with Crippen LogP contribution in [0.4, 0.5) is 0 Å². The fourth-order valence-electron chi connectivity index (χ4n) is 2.00.